The second-order valence-corrected chi connectivity index (χ2v) is 9.58. The van der Waals surface area contributed by atoms with Crippen LogP contribution in [0.5, 0.6) is 0 Å². The molecule has 104 valence electrons. The van der Waals surface area contributed by atoms with E-state index in [-0.39, 0.29) is 17.5 Å². The highest BCUT2D eigenvalue weighted by Crippen LogP contribution is 2.36. The Morgan fingerprint density at radius 2 is 2.06 bits per heavy atom. The van der Waals surface area contributed by atoms with E-state index in [4.69, 9.17) is 5.11 Å². The molecule has 1 rings (SSSR count). The molecule has 1 N–H and O–H groups in total. The van der Waals surface area contributed by atoms with Crippen LogP contribution in [0.2, 0.25) is 0 Å². The van der Waals surface area contributed by atoms with Gasteiger partial charge < -0.3 is 5.11 Å². The van der Waals surface area contributed by atoms with E-state index in [0.717, 1.165) is 3.79 Å². The Morgan fingerprint density at radius 3 is 2.44 bits per heavy atom. The summed E-state index contributed by atoms with van der Waals surface area (Å²) in [5, 5.41) is 8.86. The Bertz CT molecular complexity index is 499. The van der Waals surface area contributed by atoms with Gasteiger partial charge in [0.05, 0.1) is 7.57 Å². The lowest BCUT2D eigenvalue weighted by Gasteiger charge is -2.25. The number of hydrogen-bond donors (Lipinski definition) is 1. The maximum Gasteiger partial charge on any atom is 0.245 e. The maximum absolute atomic E-state index is 12.5. The molecule has 0 unspecified atom stereocenters. The lowest BCUT2D eigenvalue weighted by atomic mass is 10.3. The summed E-state index contributed by atoms with van der Waals surface area (Å²) in [6.07, 6.45) is 0.431. The van der Waals surface area contributed by atoms with Crippen LogP contribution in [0.25, 0.3) is 0 Å². The van der Waals surface area contributed by atoms with Gasteiger partial charge in [-0.25, -0.2) is 8.42 Å². The monoisotopic (exact) mass is 419 g/mol. The molecule has 0 atom stereocenters. The minimum absolute atomic E-state index is 0.0206. The van der Waals surface area contributed by atoms with Crippen LogP contribution in [0, 0.1) is 0 Å². The van der Waals surface area contributed by atoms with Crippen LogP contribution in [0.3, 0.4) is 0 Å². The number of nitrogens with zero attached hydrogens (tertiary/aromatic N) is 1. The highest BCUT2D eigenvalue weighted by atomic mass is 79.9. The van der Waals surface area contributed by atoms with E-state index in [1.54, 1.807) is 6.07 Å². The summed E-state index contributed by atoms with van der Waals surface area (Å²) in [5.74, 6) is 0. The summed E-state index contributed by atoms with van der Waals surface area (Å²) in [4.78, 5) is 0.269. The van der Waals surface area contributed by atoms with Crippen LogP contribution in [0.15, 0.2) is 18.5 Å². The molecule has 0 saturated heterocycles. The Balaban J connectivity index is 3.13. The first-order valence-corrected chi connectivity index (χ1v) is 9.22. The smallest absolute Gasteiger partial charge is 0.245 e. The van der Waals surface area contributed by atoms with Crippen LogP contribution in [0.4, 0.5) is 0 Å². The van der Waals surface area contributed by atoms with Crippen molar-refractivity contribution in [2.45, 2.75) is 31.2 Å². The molecule has 18 heavy (non-hydrogen) atoms. The molecule has 0 aliphatic carbocycles. The number of sulfonamides is 1. The van der Waals surface area contributed by atoms with E-state index in [1.165, 1.54) is 15.6 Å². The van der Waals surface area contributed by atoms with Gasteiger partial charge in [0.25, 0.3) is 0 Å². The van der Waals surface area contributed by atoms with E-state index < -0.39 is 10.0 Å². The molecule has 1 aromatic rings. The van der Waals surface area contributed by atoms with Gasteiger partial charge in [0.15, 0.2) is 0 Å². The first-order valence-electron chi connectivity index (χ1n) is 5.38. The summed E-state index contributed by atoms with van der Waals surface area (Å²) >= 11 is 7.88. The molecular formula is C10H15Br2NO3S2. The number of hydrogen-bond acceptors (Lipinski definition) is 4. The molecule has 0 saturated carbocycles. The molecule has 0 bridgehead atoms. The third kappa shape index (κ3) is 3.77. The standard InChI is InChI=1S/C10H15Br2NO3S2/c1-7(2)13(4-3-5-14)18(15,16)8-6-9(11)17-10(8)12/h6-7,14H,3-5H2,1-2H3. The van der Waals surface area contributed by atoms with Gasteiger partial charge in [-0.3, -0.25) is 0 Å². The highest BCUT2D eigenvalue weighted by Gasteiger charge is 2.29. The van der Waals surface area contributed by atoms with Crippen LogP contribution >= 0.6 is 43.2 Å². The summed E-state index contributed by atoms with van der Waals surface area (Å²) in [7, 11) is -3.53. The van der Waals surface area contributed by atoms with E-state index in [1.807, 2.05) is 13.8 Å². The quantitative estimate of drug-likeness (QED) is 0.769. The Labute approximate surface area is 128 Å². The maximum atomic E-state index is 12.5. The number of halogens is 2. The van der Waals surface area contributed by atoms with Crippen molar-refractivity contribution < 1.29 is 13.5 Å². The summed E-state index contributed by atoms with van der Waals surface area (Å²) < 4.78 is 27.8. The zero-order valence-corrected chi connectivity index (χ0v) is 14.9. The second-order valence-electron chi connectivity index (χ2n) is 3.98. The lowest BCUT2D eigenvalue weighted by molar-refractivity contribution is 0.258. The topological polar surface area (TPSA) is 57.6 Å². The van der Waals surface area contributed by atoms with Crippen molar-refractivity contribution in [1.29, 1.82) is 0 Å². The van der Waals surface area contributed by atoms with Crippen molar-refractivity contribution in [1.82, 2.24) is 4.31 Å². The predicted octanol–water partition coefficient (Wildman–Crippen LogP) is 3.05. The van der Waals surface area contributed by atoms with Crippen LogP contribution < -0.4 is 0 Å². The van der Waals surface area contributed by atoms with Crippen LogP contribution in [-0.2, 0) is 10.0 Å². The molecule has 0 aromatic carbocycles. The van der Waals surface area contributed by atoms with Gasteiger partial charge in [-0.1, -0.05) is 0 Å². The molecular weight excluding hydrogens is 406 g/mol. The molecule has 0 amide bonds. The molecule has 4 nitrogen and oxygen atoms in total. The van der Waals surface area contributed by atoms with E-state index >= 15 is 0 Å². The van der Waals surface area contributed by atoms with Crippen LogP contribution in [0.1, 0.15) is 20.3 Å². The van der Waals surface area contributed by atoms with Gasteiger partial charge in [0.1, 0.15) is 4.90 Å². The second kappa shape index (κ2) is 6.81. The number of thiophene rings is 1. The van der Waals surface area contributed by atoms with Crippen molar-refractivity contribution in [3.05, 3.63) is 13.6 Å². The fourth-order valence-corrected chi connectivity index (χ4v) is 6.95. The molecule has 8 heteroatoms. The third-order valence-electron chi connectivity index (χ3n) is 2.32. The highest BCUT2D eigenvalue weighted by molar-refractivity contribution is 9.12. The molecule has 0 spiro atoms. The first kappa shape index (κ1) is 16.6. The zero-order chi connectivity index (χ0) is 13.9. The van der Waals surface area contributed by atoms with Crippen LogP contribution in [-0.4, -0.2) is 37.0 Å². The van der Waals surface area contributed by atoms with E-state index in [9.17, 15) is 8.42 Å². The SMILES string of the molecule is CC(C)N(CCCO)S(=O)(=O)c1cc(Br)sc1Br. The van der Waals surface area contributed by atoms with Gasteiger partial charge in [-0.15, -0.1) is 11.3 Å². The fraction of sp³-hybridized carbons (Fsp3) is 0.600. The number of aliphatic hydroxyl groups is 1. The zero-order valence-electron chi connectivity index (χ0n) is 10.1. The molecule has 1 heterocycles. The lowest BCUT2D eigenvalue weighted by Crippen LogP contribution is -2.38. The van der Waals surface area contributed by atoms with Gasteiger partial charge in [0, 0.05) is 19.2 Å². The van der Waals surface area contributed by atoms with Crippen molar-refractivity contribution in [2.75, 3.05) is 13.2 Å². The summed E-state index contributed by atoms with van der Waals surface area (Å²) in [6, 6.07) is 1.45. The Hall–Kier alpha value is 0.530. The Morgan fingerprint density at radius 1 is 1.44 bits per heavy atom. The summed E-state index contributed by atoms with van der Waals surface area (Å²) in [6.45, 7) is 3.94. The molecule has 0 aliphatic rings. The largest absolute Gasteiger partial charge is 0.396 e. The number of rotatable bonds is 6. The number of aliphatic hydroxyl groups excluding tert-OH is 1. The van der Waals surface area contributed by atoms with Gasteiger partial charge in [-0.2, -0.15) is 4.31 Å². The van der Waals surface area contributed by atoms with Gasteiger partial charge in [-0.05, 0) is 58.2 Å². The molecule has 0 radical (unpaired) electrons. The van der Waals surface area contributed by atoms with Crippen molar-refractivity contribution >= 4 is 53.2 Å². The summed E-state index contributed by atoms with van der Waals surface area (Å²) in [5.41, 5.74) is 0. The molecule has 0 fully saturated rings. The van der Waals surface area contributed by atoms with Crippen molar-refractivity contribution in [3.63, 3.8) is 0 Å². The normalized spacial score (nSPS) is 12.6. The van der Waals surface area contributed by atoms with Crippen molar-refractivity contribution in [3.8, 4) is 0 Å². The average molecular weight is 421 g/mol. The predicted molar refractivity (Wildman–Crippen MR) is 80.4 cm³/mol. The van der Waals surface area contributed by atoms with E-state index in [2.05, 4.69) is 31.9 Å². The van der Waals surface area contributed by atoms with Gasteiger partial charge in [0.2, 0.25) is 10.0 Å². The molecule has 1 aromatic heterocycles. The minimum atomic E-state index is -3.53. The Kier molecular flexibility index (Phi) is 6.27. The molecule has 0 aliphatic heterocycles. The minimum Gasteiger partial charge on any atom is -0.396 e. The van der Waals surface area contributed by atoms with Crippen molar-refractivity contribution in [2.24, 2.45) is 0 Å². The van der Waals surface area contributed by atoms with E-state index in [0.29, 0.717) is 16.8 Å². The third-order valence-corrected chi connectivity index (χ3v) is 7.16. The fourth-order valence-electron chi connectivity index (χ4n) is 1.51. The van der Waals surface area contributed by atoms with Gasteiger partial charge >= 0.3 is 0 Å². The first-order chi connectivity index (χ1) is 8.30. The average Bonchev–Trinajstić information content (AvgIpc) is 2.58.